The molecular formula is C23H31N3O3. The lowest BCUT2D eigenvalue weighted by atomic mass is 9.51. The predicted molar refractivity (Wildman–Crippen MR) is 110 cm³/mol. The number of hydrogen-bond acceptors (Lipinski definition) is 4. The molecule has 2 bridgehead atoms. The zero-order valence-electron chi connectivity index (χ0n) is 17.5. The lowest BCUT2D eigenvalue weighted by Gasteiger charge is -2.61. The van der Waals surface area contributed by atoms with Crippen LogP contribution in [0.15, 0.2) is 24.3 Å². The maximum absolute atomic E-state index is 13.5. The number of anilines is 1. The summed E-state index contributed by atoms with van der Waals surface area (Å²) in [7, 11) is 0. The number of carbonyl (C=O) groups is 2. The number of morpholine rings is 1. The van der Waals surface area contributed by atoms with Crippen LogP contribution in [0, 0.1) is 17.3 Å². The first kappa shape index (κ1) is 18.9. The van der Waals surface area contributed by atoms with Gasteiger partial charge in [0.1, 0.15) is 5.66 Å². The molecule has 0 unspecified atom stereocenters. The van der Waals surface area contributed by atoms with Crippen LogP contribution in [0.1, 0.15) is 56.8 Å². The van der Waals surface area contributed by atoms with E-state index < -0.39 is 5.66 Å². The zero-order chi connectivity index (χ0) is 20.4. The second kappa shape index (κ2) is 6.46. The number of carbonyl (C=O) groups excluding carboxylic acids is 2. The summed E-state index contributed by atoms with van der Waals surface area (Å²) in [5, 5.41) is 6.98. The largest absolute Gasteiger partial charge is 0.372 e. The summed E-state index contributed by atoms with van der Waals surface area (Å²) >= 11 is 0. The number of nitrogens with one attached hydrogen (secondary N) is 2. The molecule has 5 aliphatic rings. The monoisotopic (exact) mass is 397 g/mol. The second-order valence-corrected chi connectivity index (χ2v) is 9.95. The van der Waals surface area contributed by atoms with Crippen LogP contribution in [0.25, 0.3) is 0 Å². The Morgan fingerprint density at radius 2 is 1.90 bits per heavy atom. The molecule has 29 heavy (non-hydrogen) atoms. The van der Waals surface area contributed by atoms with Gasteiger partial charge in [0, 0.05) is 30.6 Å². The first-order chi connectivity index (χ1) is 13.8. The Morgan fingerprint density at radius 1 is 1.17 bits per heavy atom. The Morgan fingerprint density at radius 3 is 2.62 bits per heavy atom. The Labute approximate surface area is 172 Å². The van der Waals surface area contributed by atoms with Gasteiger partial charge in [0.05, 0.1) is 17.8 Å². The quantitative estimate of drug-likeness (QED) is 0.764. The molecule has 2 amide bonds. The van der Waals surface area contributed by atoms with Crippen LogP contribution in [0.3, 0.4) is 0 Å². The fourth-order valence-corrected chi connectivity index (χ4v) is 6.41. The van der Waals surface area contributed by atoms with Crippen molar-refractivity contribution in [2.45, 2.75) is 64.3 Å². The number of hydrogen-bond donors (Lipinski definition) is 2. The normalized spacial score (nSPS) is 40.9. The lowest BCUT2D eigenvalue weighted by Crippen LogP contribution is -2.70. The molecule has 156 valence electrons. The molecule has 6 rings (SSSR count). The van der Waals surface area contributed by atoms with Crippen molar-refractivity contribution < 1.29 is 14.3 Å². The minimum absolute atomic E-state index is 0.00537. The molecule has 6 heteroatoms. The Balaban J connectivity index is 1.41. The highest BCUT2D eigenvalue weighted by molar-refractivity contribution is 6.02. The van der Waals surface area contributed by atoms with Gasteiger partial charge in [-0.3, -0.25) is 9.59 Å². The van der Waals surface area contributed by atoms with E-state index in [1.807, 2.05) is 43.0 Å². The van der Waals surface area contributed by atoms with E-state index in [1.165, 1.54) is 0 Å². The molecule has 1 saturated heterocycles. The van der Waals surface area contributed by atoms with Crippen molar-refractivity contribution in [3.05, 3.63) is 29.8 Å². The summed E-state index contributed by atoms with van der Waals surface area (Å²) in [4.78, 5) is 28.4. The highest BCUT2D eigenvalue weighted by Gasteiger charge is 2.60. The summed E-state index contributed by atoms with van der Waals surface area (Å²) in [6.07, 6.45) is 3.84. The van der Waals surface area contributed by atoms with Crippen LogP contribution in [0.2, 0.25) is 0 Å². The molecule has 1 spiro atoms. The third-order valence-electron chi connectivity index (χ3n) is 7.70. The number of ether oxygens (including phenoxy) is 1. The Bertz CT molecular complexity index is 848. The van der Waals surface area contributed by atoms with Gasteiger partial charge in [0.15, 0.2) is 0 Å². The van der Waals surface area contributed by atoms with Crippen molar-refractivity contribution in [3.63, 3.8) is 0 Å². The van der Waals surface area contributed by atoms with Crippen LogP contribution in [-0.4, -0.2) is 47.7 Å². The van der Waals surface area contributed by atoms with E-state index in [0.717, 1.165) is 31.4 Å². The van der Waals surface area contributed by atoms with Gasteiger partial charge >= 0.3 is 0 Å². The number of fused-ring (bicyclic) bond motifs is 3. The summed E-state index contributed by atoms with van der Waals surface area (Å²) in [6, 6.07) is 7.71. The van der Waals surface area contributed by atoms with Gasteiger partial charge in [-0.1, -0.05) is 19.1 Å². The van der Waals surface area contributed by atoms with Crippen molar-refractivity contribution in [1.29, 1.82) is 0 Å². The number of nitrogens with zero attached hydrogens (tertiary/aromatic N) is 1. The molecule has 2 heterocycles. The number of para-hydroxylation sites is 1. The SMILES string of the molecule is C[C@@H]1CN(C(=O)[C@@H]2C[C@H]3CC[C@@]2(C)C[C@@]32NC(=O)c3ccccc3N2)C[C@H](C)O1. The van der Waals surface area contributed by atoms with Gasteiger partial charge in [-0.25, -0.2) is 0 Å². The third kappa shape index (κ3) is 2.95. The topological polar surface area (TPSA) is 70.7 Å². The van der Waals surface area contributed by atoms with Crippen molar-refractivity contribution in [2.24, 2.45) is 17.3 Å². The molecule has 2 N–H and O–H groups in total. The summed E-state index contributed by atoms with van der Waals surface area (Å²) < 4.78 is 5.82. The summed E-state index contributed by atoms with van der Waals surface area (Å²) in [5.41, 5.74) is 1.05. The fraction of sp³-hybridized carbons (Fsp3) is 0.652. The van der Waals surface area contributed by atoms with Crippen LogP contribution in [0.4, 0.5) is 5.69 Å². The maximum Gasteiger partial charge on any atom is 0.255 e. The fourth-order valence-electron chi connectivity index (χ4n) is 6.41. The molecule has 0 aromatic heterocycles. The van der Waals surface area contributed by atoms with E-state index in [2.05, 4.69) is 17.6 Å². The minimum atomic E-state index is -0.444. The third-order valence-corrected chi connectivity index (χ3v) is 7.70. The van der Waals surface area contributed by atoms with Gasteiger partial charge in [0.25, 0.3) is 5.91 Å². The molecule has 0 radical (unpaired) electrons. The van der Waals surface area contributed by atoms with Crippen LogP contribution < -0.4 is 10.6 Å². The molecule has 4 fully saturated rings. The van der Waals surface area contributed by atoms with Crippen LogP contribution >= 0.6 is 0 Å². The Kier molecular flexibility index (Phi) is 4.21. The van der Waals surface area contributed by atoms with Crippen molar-refractivity contribution in [2.75, 3.05) is 18.4 Å². The standard InChI is InChI=1S/C23H31N3O3/c1-14-11-26(12-15(2)29-14)21(28)18-10-16-8-9-22(18,3)13-23(16)24-19-7-5-4-6-17(19)20(27)25-23/h4-7,14-16,18,24H,8-13H2,1-3H3,(H,25,27)/t14-,15+,16-,18+,22+,23-/m1/s1. The van der Waals surface area contributed by atoms with E-state index in [9.17, 15) is 9.59 Å². The molecule has 2 aliphatic heterocycles. The number of benzene rings is 1. The van der Waals surface area contributed by atoms with Crippen molar-refractivity contribution in [1.82, 2.24) is 10.2 Å². The maximum atomic E-state index is 13.5. The van der Waals surface area contributed by atoms with Crippen molar-refractivity contribution in [3.8, 4) is 0 Å². The molecule has 6 atom stereocenters. The van der Waals surface area contributed by atoms with Crippen molar-refractivity contribution >= 4 is 17.5 Å². The number of amides is 2. The van der Waals surface area contributed by atoms with E-state index in [-0.39, 0.29) is 41.3 Å². The Hall–Kier alpha value is -2.08. The first-order valence-electron chi connectivity index (χ1n) is 10.9. The van der Waals surface area contributed by atoms with Gasteiger partial charge in [-0.2, -0.15) is 0 Å². The molecule has 3 aliphatic carbocycles. The smallest absolute Gasteiger partial charge is 0.255 e. The van der Waals surface area contributed by atoms with Gasteiger partial charge in [-0.15, -0.1) is 0 Å². The van der Waals surface area contributed by atoms with Gasteiger partial charge < -0.3 is 20.3 Å². The number of rotatable bonds is 1. The van der Waals surface area contributed by atoms with Crippen LogP contribution in [-0.2, 0) is 9.53 Å². The second-order valence-electron chi connectivity index (χ2n) is 9.95. The van der Waals surface area contributed by atoms with E-state index in [0.29, 0.717) is 18.7 Å². The average Bonchev–Trinajstić information content (AvgIpc) is 2.66. The molecule has 1 aromatic carbocycles. The van der Waals surface area contributed by atoms with E-state index in [1.54, 1.807) is 0 Å². The lowest BCUT2D eigenvalue weighted by molar-refractivity contribution is -0.161. The highest BCUT2D eigenvalue weighted by Crippen LogP contribution is 2.58. The summed E-state index contributed by atoms with van der Waals surface area (Å²) in [5.74, 6) is 0.539. The molecule has 1 aromatic rings. The average molecular weight is 398 g/mol. The van der Waals surface area contributed by atoms with E-state index in [4.69, 9.17) is 4.74 Å². The molecular weight excluding hydrogens is 366 g/mol. The zero-order valence-corrected chi connectivity index (χ0v) is 17.5. The highest BCUT2D eigenvalue weighted by atomic mass is 16.5. The van der Waals surface area contributed by atoms with Gasteiger partial charge in [0.2, 0.25) is 5.91 Å². The summed E-state index contributed by atoms with van der Waals surface area (Å²) in [6.45, 7) is 7.67. The van der Waals surface area contributed by atoms with E-state index >= 15 is 0 Å². The van der Waals surface area contributed by atoms with Gasteiger partial charge in [-0.05, 0) is 57.1 Å². The molecule has 3 saturated carbocycles. The first-order valence-corrected chi connectivity index (χ1v) is 10.9. The minimum Gasteiger partial charge on any atom is -0.372 e. The van der Waals surface area contributed by atoms with Crippen LogP contribution in [0.5, 0.6) is 0 Å². The molecule has 6 nitrogen and oxygen atoms in total. The predicted octanol–water partition coefficient (Wildman–Crippen LogP) is 3.00.